The highest BCUT2D eigenvalue weighted by Crippen LogP contribution is 2.31. The van der Waals surface area contributed by atoms with Gasteiger partial charge in [-0.25, -0.2) is 0 Å². The first kappa shape index (κ1) is 15.9. The molecule has 1 unspecified atom stereocenters. The third kappa shape index (κ3) is 3.39. The lowest BCUT2D eigenvalue weighted by Gasteiger charge is -2.31. The number of hydrogen-bond acceptors (Lipinski definition) is 3. The van der Waals surface area contributed by atoms with Crippen molar-refractivity contribution in [2.24, 2.45) is 0 Å². The maximum absolute atomic E-state index is 12.2. The molecule has 0 spiro atoms. The molecule has 1 aliphatic heterocycles. The standard InChI is InChI=1S/C16H20ClNO3/c1-4-18-15(8-7-14(17)16(18)19)13-6-5-12(9-11(13)2)21-10-20-3/h5-6,8-9,14H,4,7,10H2,1-3H3. The van der Waals surface area contributed by atoms with Crippen LogP contribution >= 0.6 is 11.6 Å². The normalized spacial score (nSPS) is 18.7. The van der Waals surface area contributed by atoms with Gasteiger partial charge in [-0.3, -0.25) is 4.79 Å². The lowest BCUT2D eigenvalue weighted by molar-refractivity contribution is -0.127. The molecule has 1 aromatic rings. The molecule has 21 heavy (non-hydrogen) atoms. The number of halogens is 1. The summed E-state index contributed by atoms with van der Waals surface area (Å²) >= 11 is 6.05. The van der Waals surface area contributed by atoms with E-state index in [9.17, 15) is 4.79 Å². The average Bonchev–Trinajstić information content (AvgIpc) is 2.48. The van der Waals surface area contributed by atoms with Crippen LogP contribution in [0.5, 0.6) is 5.75 Å². The van der Waals surface area contributed by atoms with E-state index in [1.807, 2.05) is 38.1 Å². The summed E-state index contributed by atoms with van der Waals surface area (Å²) in [6, 6.07) is 5.80. The summed E-state index contributed by atoms with van der Waals surface area (Å²) in [7, 11) is 1.58. The van der Waals surface area contributed by atoms with Crippen molar-refractivity contribution >= 4 is 23.2 Å². The van der Waals surface area contributed by atoms with E-state index < -0.39 is 5.38 Å². The van der Waals surface area contributed by atoms with Crippen molar-refractivity contribution in [2.45, 2.75) is 25.6 Å². The van der Waals surface area contributed by atoms with Gasteiger partial charge in [0, 0.05) is 24.9 Å². The van der Waals surface area contributed by atoms with E-state index in [-0.39, 0.29) is 12.7 Å². The molecule has 5 heteroatoms. The molecule has 0 aliphatic carbocycles. The first-order valence-corrected chi connectivity index (χ1v) is 7.40. The maximum atomic E-state index is 12.2. The van der Waals surface area contributed by atoms with Crippen LogP contribution in [0.15, 0.2) is 24.3 Å². The van der Waals surface area contributed by atoms with Gasteiger partial charge in [-0.15, -0.1) is 11.6 Å². The molecule has 1 aromatic carbocycles. The third-order valence-electron chi connectivity index (χ3n) is 3.48. The summed E-state index contributed by atoms with van der Waals surface area (Å²) in [5.74, 6) is 0.717. The Morgan fingerprint density at radius 2 is 2.19 bits per heavy atom. The van der Waals surface area contributed by atoms with Crippen LogP contribution in [0.2, 0.25) is 0 Å². The molecule has 0 saturated carbocycles. The van der Waals surface area contributed by atoms with E-state index in [2.05, 4.69) is 0 Å². The first-order valence-electron chi connectivity index (χ1n) is 6.96. The van der Waals surface area contributed by atoms with Gasteiger partial charge in [0.25, 0.3) is 0 Å². The highest BCUT2D eigenvalue weighted by atomic mass is 35.5. The predicted octanol–water partition coefficient (Wildman–Crippen LogP) is 3.18. The van der Waals surface area contributed by atoms with Gasteiger partial charge in [0.15, 0.2) is 6.79 Å². The Balaban J connectivity index is 2.30. The van der Waals surface area contributed by atoms with Crippen molar-refractivity contribution in [1.82, 2.24) is 4.90 Å². The van der Waals surface area contributed by atoms with E-state index in [1.54, 1.807) is 12.0 Å². The number of alkyl halides is 1. The number of methoxy groups -OCH3 is 1. The van der Waals surface area contributed by atoms with Crippen LogP contribution < -0.4 is 4.74 Å². The predicted molar refractivity (Wildman–Crippen MR) is 83.3 cm³/mol. The van der Waals surface area contributed by atoms with Crippen molar-refractivity contribution in [2.75, 3.05) is 20.4 Å². The molecule has 1 atom stereocenters. The summed E-state index contributed by atoms with van der Waals surface area (Å²) < 4.78 is 10.3. The molecular formula is C16H20ClNO3. The lowest BCUT2D eigenvalue weighted by atomic mass is 10.00. The number of carbonyl (C=O) groups is 1. The lowest BCUT2D eigenvalue weighted by Crippen LogP contribution is -2.38. The van der Waals surface area contributed by atoms with E-state index in [1.165, 1.54) is 0 Å². The molecule has 0 bridgehead atoms. The van der Waals surface area contributed by atoms with Crippen LogP contribution in [-0.4, -0.2) is 36.6 Å². The van der Waals surface area contributed by atoms with E-state index in [4.69, 9.17) is 21.1 Å². The van der Waals surface area contributed by atoms with Crippen molar-refractivity contribution in [3.8, 4) is 5.75 Å². The van der Waals surface area contributed by atoms with Gasteiger partial charge >= 0.3 is 0 Å². The summed E-state index contributed by atoms with van der Waals surface area (Å²) in [6.45, 7) is 4.78. The van der Waals surface area contributed by atoms with Crippen LogP contribution in [0.25, 0.3) is 5.70 Å². The minimum Gasteiger partial charge on any atom is -0.468 e. The Morgan fingerprint density at radius 1 is 1.43 bits per heavy atom. The molecule has 0 radical (unpaired) electrons. The van der Waals surface area contributed by atoms with Gasteiger partial charge in [0.05, 0.1) is 0 Å². The third-order valence-corrected chi connectivity index (χ3v) is 3.84. The molecule has 114 valence electrons. The molecule has 1 aliphatic rings. The molecule has 1 amide bonds. The fourth-order valence-electron chi connectivity index (χ4n) is 2.44. The summed E-state index contributed by atoms with van der Waals surface area (Å²) in [5, 5.41) is -0.460. The fourth-order valence-corrected chi connectivity index (χ4v) is 2.64. The number of benzene rings is 1. The molecule has 0 N–H and O–H groups in total. The Morgan fingerprint density at radius 3 is 2.81 bits per heavy atom. The molecule has 2 rings (SSSR count). The molecule has 4 nitrogen and oxygen atoms in total. The van der Waals surface area contributed by atoms with Crippen molar-refractivity contribution < 1.29 is 14.3 Å². The summed E-state index contributed by atoms with van der Waals surface area (Å²) in [6.07, 6.45) is 2.59. The highest BCUT2D eigenvalue weighted by molar-refractivity contribution is 6.31. The van der Waals surface area contributed by atoms with Crippen molar-refractivity contribution in [3.05, 3.63) is 35.4 Å². The summed E-state index contributed by atoms with van der Waals surface area (Å²) in [4.78, 5) is 13.9. The van der Waals surface area contributed by atoms with Crippen molar-refractivity contribution in [3.63, 3.8) is 0 Å². The second-order valence-corrected chi connectivity index (χ2v) is 5.43. The zero-order valence-corrected chi connectivity index (χ0v) is 13.3. The number of allylic oxidation sites excluding steroid dienone is 1. The van der Waals surface area contributed by atoms with E-state index in [0.29, 0.717) is 13.0 Å². The smallest absolute Gasteiger partial charge is 0.245 e. The monoisotopic (exact) mass is 309 g/mol. The largest absolute Gasteiger partial charge is 0.468 e. The zero-order chi connectivity index (χ0) is 15.4. The van der Waals surface area contributed by atoms with Crippen molar-refractivity contribution in [1.29, 1.82) is 0 Å². The van der Waals surface area contributed by atoms with Gasteiger partial charge in [-0.2, -0.15) is 0 Å². The topological polar surface area (TPSA) is 38.8 Å². The molecular weight excluding hydrogens is 290 g/mol. The number of rotatable bonds is 5. The number of carbonyl (C=O) groups excluding carboxylic acids is 1. The molecule has 0 fully saturated rings. The number of hydrogen-bond donors (Lipinski definition) is 0. The SMILES string of the molecule is CCN1C(=O)C(Cl)CC=C1c1ccc(OCOC)cc1C. The first-order chi connectivity index (χ1) is 10.1. The maximum Gasteiger partial charge on any atom is 0.245 e. The minimum absolute atomic E-state index is 0.0317. The number of ether oxygens (including phenoxy) is 2. The van der Waals surface area contributed by atoms with Crippen LogP contribution in [0.3, 0.4) is 0 Å². The van der Waals surface area contributed by atoms with E-state index >= 15 is 0 Å². The second-order valence-electron chi connectivity index (χ2n) is 4.90. The molecule has 0 aromatic heterocycles. The Kier molecular flexibility index (Phi) is 5.26. The minimum atomic E-state index is -0.460. The summed E-state index contributed by atoms with van der Waals surface area (Å²) in [5.41, 5.74) is 3.00. The van der Waals surface area contributed by atoms with Crippen LogP contribution in [-0.2, 0) is 9.53 Å². The fraction of sp³-hybridized carbons (Fsp3) is 0.438. The van der Waals surface area contributed by atoms with Crippen LogP contribution in [0, 0.1) is 6.92 Å². The second kappa shape index (κ2) is 6.96. The quantitative estimate of drug-likeness (QED) is 0.619. The average molecular weight is 310 g/mol. The van der Waals surface area contributed by atoms with Gasteiger partial charge < -0.3 is 14.4 Å². The van der Waals surface area contributed by atoms with Crippen LogP contribution in [0.1, 0.15) is 24.5 Å². The molecule has 1 heterocycles. The van der Waals surface area contributed by atoms with Gasteiger partial charge in [-0.1, -0.05) is 6.08 Å². The Labute approximate surface area is 130 Å². The highest BCUT2D eigenvalue weighted by Gasteiger charge is 2.29. The Bertz CT molecular complexity index is 556. The zero-order valence-electron chi connectivity index (χ0n) is 12.6. The molecule has 0 saturated heterocycles. The number of amides is 1. The van der Waals surface area contributed by atoms with E-state index in [0.717, 1.165) is 22.6 Å². The van der Waals surface area contributed by atoms with Gasteiger partial charge in [0.1, 0.15) is 11.1 Å². The van der Waals surface area contributed by atoms with Crippen LogP contribution in [0.4, 0.5) is 0 Å². The number of nitrogens with zero attached hydrogens (tertiary/aromatic N) is 1. The van der Waals surface area contributed by atoms with Gasteiger partial charge in [-0.05, 0) is 44.0 Å². The Hall–Kier alpha value is -1.52. The van der Waals surface area contributed by atoms with Gasteiger partial charge in [0.2, 0.25) is 5.91 Å². The number of aryl methyl sites for hydroxylation is 1.